The molecule has 3 rings (SSSR count). The van der Waals surface area contributed by atoms with Crippen LogP contribution in [0.2, 0.25) is 0 Å². The van der Waals surface area contributed by atoms with Gasteiger partial charge in [0.1, 0.15) is 5.82 Å². The zero-order valence-electron chi connectivity index (χ0n) is 15.4. The van der Waals surface area contributed by atoms with Crippen molar-refractivity contribution in [1.29, 1.82) is 0 Å². The first-order valence-corrected chi connectivity index (χ1v) is 8.70. The third kappa shape index (κ3) is 3.90. The molecule has 0 saturated carbocycles. The van der Waals surface area contributed by atoms with Crippen LogP contribution in [0.5, 0.6) is 11.5 Å². The number of phenolic OH excluding ortho intramolecular Hbond substituents is 1. The van der Waals surface area contributed by atoms with Crippen LogP contribution in [0, 0.1) is 5.82 Å². The number of allylic oxidation sites excluding steroid dienone is 1. The van der Waals surface area contributed by atoms with Crippen LogP contribution in [0.4, 0.5) is 14.9 Å². The summed E-state index contributed by atoms with van der Waals surface area (Å²) in [5.41, 5.74) is 1.13. The van der Waals surface area contributed by atoms with E-state index in [1.807, 2.05) is 0 Å². The van der Waals surface area contributed by atoms with E-state index in [0.29, 0.717) is 17.9 Å². The lowest BCUT2D eigenvalue weighted by atomic mass is 9.94. The van der Waals surface area contributed by atoms with Gasteiger partial charge in [-0.2, -0.15) is 0 Å². The first-order valence-electron chi connectivity index (χ1n) is 8.70. The zero-order chi connectivity index (χ0) is 20.3. The number of rotatable bonds is 5. The zero-order valence-corrected chi connectivity index (χ0v) is 15.4. The van der Waals surface area contributed by atoms with E-state index in [9.17, 15) is 19.1 Å². The van der Waals surface area contributed by atoms with E-state index in [2.05, 4.69) is 16.0 Å². The molecule has 0 aliphatic carbocycles. The van der Waals surface area contributed by atoms with Crippen molar-refractivity contribution in [3.05, 3.63) is 65.1 Å². The van der Waals surface area contributed by atoms with Crippen molar-refractivity contribution in [2.24, 2.45) is 0 Å². The standard InChI is InChI=1S/C20H20FN3O4/c1-3-28-16-10-12(8-9-15(16)25)18-17(11(2)22-20(27)24-18)19(26)23-14-7-5-4-6-13(14)21/h4-10,18,25H,3H2,1-2H3,(H,23,26)(H2,22,24,27). The van der Waals surface area contributed by atoms with Gasteiger partial charge in [0, 0.05) is 5.70 Å². The summed E-state index contributed by atoms with van der Waals surface area (Å²) < 4.78 is 19.3. The average molecular weight is 385 g/mol. The molecule has 146 valence electrons. The van der Waals surface area contributed by atoms with Crippen LogP contribution in [0.25, 0.3) is 0 Å². The van der Waals surface area contributed by atoms with E-state index in [1.54, 1.807) is 32.0 Å². The number of hydrogen-bond donors (Lipinski definition) is 4. The lowest BCUT2D eigenvalue weighted by Gasteiger charge is -2.29. The van der Waals surface area contributed by atoms with Crippen LogP contribution in [-0.2, 0) is 4.79 Å². The molecular weight excluding hydrogens is 365 g/mol. The molecule has 1 atom stereocenters. The monoisotopic (exact) mass is 385 g/mol. The maximum Gasteiger partial charge on any atom is 0.319 e. The van der Waals surface area contributed by atoms with Gasteiger partial charge in [-0.25, -0.2) is 9.18 Å². The molecule has 1 unspecified atom stereocenters. The summed E-state index contributed by atoms with van der Waals surface area (Å²) in [6, 6.07) is 9.09. The summed E-state index contributed by atoms with van der Waals surface area (Å²) in [5.74, 6) is -0.948. The smallest absolute Gasteiger partial charge is 0.319 e. The molecule has 4 N–H and O–H groups in total. The van der Waals surface area contributed by atoms with Gasteiger partial charge in [-0.3, -0.25) is 4.79 Å². The molecule has 0 fully saturated rings. The Morgan fingerprint density at radius 3 is 2.75 bits per heavy atom. The van der Waals surface area contributed by atoms with E-state index in [4.69, 9.17) is 4.74 Å². The topological polar surface area (TPSA) is 99.7 Å². The van der Waals surface area contributed by atoms with Gasteiger partial charge < -0.3 is 25.8 Å². The summed E-state index contributed by atoms with van der Waals surface area (Å²) >= 11 is 0. The Morgan fingerprint density at radius 2 is 2.04 bits per heavy atom. The van der Waals surface area contributed by atoms with Crippen LogP contribution in [-0.4, -0.2) is 23.7 Å². The number of phenols is 1. The van der Waals surface area contributed by atoms with Gasteiger partial charge in [-0.15, -0.1) is 0 Å². The third-order valence-corrected chi connectivity index (χ3v) is 4.25. The molecule has 3 amide bonds. The Kier molecular flexibility index (Phi) is 5.49. The van der Waals surface area contributed by atoms with Crippen LogP contribution in [0.3, 0.4) is 0 Å². The molecule has 0 bridgehead atoms. The second-order valence-corrected chi connectivity index (χ2v) is 6.16. The Labute approximate surface area is 161 Å². The van der Waals surface area contributed by atoms with Crippen molar-refractivity contribution in [3.8, 4) is 11.5 Å². The van der Waals surface area contributed by atoms with Crippen molar-refractivity contribution >= 4 is 17.6 Å². The summed E-state index contributed by atoms with van der Waals surface area (Å²) in [7, 11) is 0. The highest BCUT2D eigenvalue weighted by molar-refractivity contribution is 6.06. The molecular formula is C20H20FN3O4. The Bertz CT molecular complexity index is 958. The maximum absolute atomic E-state index is 13.9. The predicted molar refractivity (Wildman–Crippen MR) is 101 cm³/mol. The summed E-state index contributed by atoms with van der Waals surface area (Å²) in [5, 5.41) is 17.7. The Hall–Kier alpha value is -3.55. The number of amides is 3. The number of anilines is 1. The van der Waals surface area contributed by atoms with E-state index >= 15 is 0 Å². The molecule has 1 aliphatic rings. The number of nitrogens with one attached hydrogen (secondary N) is 3. The fraction of sp³-hybridized carbons (Fsp3) is 0.200. The van der Waals surface area contributed by atoms with Crippen molar-refractivity contribution in [2.75, 3.05) is 11.9 Å². The SMILES string of the molecule is CCOc1cc(C2NC(=O)NC(C)=C2C(=O)Nc2ccccc2F)ccc1O. The Balaban J connectivity index is 1.98. The summed E-state index contributed by atoms with van der Waals surface area (Å²) in [6.45, 7) is 3.70. The number of aromatic hydroxyl groups is 1. The van der Waals surface area contributed by atoms with Gasteiger partial charge in [-0.1, -0.05) is 18.2 Å². The normalized spacial score (nSPS) is 16.2. The highest BCUT2D eigenvalue weighted by atomic mass is 19.1. The first kappa shape index (κ1) is 19.2. The number of benzene rings is 2. The minimum absolute atomic E-state index is 0.0316. The second kappa shape index (κ2) is 7.99. The second-order valence-electron chi connectivity index (χ2n) is 6.16. The lowest BCUT2D eigenvalue weighted by molar-refractivity contribution is -0.113. The molecule has 8 heteroatoms. The predicted octanol–water partition coefficient (Wildman–Crippen LogP) is 3.20. The summed E-state index contributed by atoms with van der Waals surface area (Å²) in [6.07, 6.45) is 0. The number of halogens is 1. The van der Waals surface area contributed by atoms with Gasteiger partial charge >= 0.3 is 6.03 Å². The fourth-order valence-corrected chi connectivity index (χ4v) is 2.98. The van der Waals surface area contributed by atoms with Crippen LogP contribution in [0.1, 0.15) is 25.5 Å². The van der Waals surface area contributed by atoms with E-state index < -0.39 is 23.8 Å². The third-order valence-electron chi connectivity index (χ3n) is 4.25. The van der Waals surface area contributed by atoms with Crippen molar-refractivity contribution < 1.29 is 23.8 Å². The number of hydrogen-bond acceptors (Lipinski definition) is 4. The lowest BCUT2D eigenvalue weighted by Crippen LogP contribution is -2.46. The van der Waals surface area contributed by atoms with Crippen molar-refractivity contribution in [1.82, 2.24) is 10.6 Å². The molecule has 2 aromatic carbocycles. The van der Waals surface area contributed by atoms with Gasteiger partial charge in [-0.05, 0) is 43.7 Å². The number of carbonyl (C=O) groups excluding carboxylic acids is 2. The average Bonchev–Trinajstić information content (AvgIpc) is 2.65. The highest BCUT2D eigenvalue weighted by Gasteiger charge is 2.32. The minimum atomic E-state index is -0.805. The maximum atomic E-state index is 13.9. The van der Waals surface area contributed by atoms with Crippen LogP contribution >= 0.6 is 0 Å². The van der Waals surface area contributed by atoms with Gasteiger partial charge in [0.25, 0.3) is 5.91 Å². The largest absolute Gasteiger partial charge is 0.504 e. The highest BCUT2D eigenvalue weighted by Crippen LogP contribution is 2.34. The molecule has 1 heterocycles. The molecule has 28 heavy (non-hydrogen) atoms. The number of urea groups is 1. The molecule has 2 aromatic rings. The van der Waals surface area contributed by atoms with Crippen molar-refractivity contribution in [3.63, 3.8) is 0 Å². The molecule has 0 spiro atoms. The number of ether oxygens (including phenoxy) is 1. The quantitative estimate of drug-likeness (QED) is 0.635. The fourth-order valence-electron chi connectivity index (χ4n) is 2.98. The molecule has 7 nitrogen and oxygen atoms in total. The number of carbonyl (C=O) groups is 2. The van der Waals surface area contributed by atoms with Gasteiger partial charge in [0.2, 0.25) is 0 Å². The Morgan fingerprint density at radius 1 is 1.29 bits per heavy atom. The first-order chi connectivity index (χ1) is 13.4. The van der Waals surface area contributed by atoms with Crippen LogP contribution < -0.4 is 20.7 Å². The van der Waals surface area contributed by atoms with Crippen LogP contribution in [0.15, 0.2) is 53.7 Å². The van der Waals surface area contributed by atoms with E-state index in [-0.39, 0.29) is 22.8 Å². The molecule has 1 aliphatic heterocycles. The van der Waals surface area contributed by atoms with Crippen molar-refractivity contribution in [2.45, 2.75) is 19.9 Å². The van der Waals surface area contributed by atoms with Gasteiger partial charge in [0.15, 0.2) is 11.5 Å². The molecule has 0 aromatic heterocycles. The van der Waals surface area contributed by atoms with Gasteiger partial charge in [0.05, 0.1) is 23.9 Å². The summed E-state index contributed by atoms with van der Waals surface area (Å²) in [4.78, 5) is 24.9. The number of para-hydroxylation sites is 1. The van der Waals surface area contributed by atoms with E-state index in [0.717, 1.165) is 0 Å². The minimum Gasteiger partial charge on any atom is -0.504 e. The molecule has 0 radical (unpaired) electrons. The van der Waals surface area contributed by atoms with E-state index in [1.165, 1.54) is 24.3 Å². The molecule has 0 saturated heterocycles.